The Labute approximate surface area is 153 Å². The molecule has 6 heteroatoms. The van der Waals surface area contributed by atoms with E-state index in [1.165, 1.54) is 12.1 Å². The summed E-state index contributed by atoms with van der Waals surface area (Å²) in [5, 5.41) is 0.891. The third-order valence-electron chi connectivity index (χ3n) is 4.87. The van der Waals surface area contributed by atoms with Gasteiger partial charge in [-0.15, -0.1) is 0 Å². The summed E-state index contributed by atoms with van der Waals surface area (Å²) in [5.41, 5.74) is 3.16. The summed E-state index contributed by atoms with van der Waals surface area (Å²) in [6.07, 6.45) is 1.81. The number of halogens is 1. The fourth-order valence-electron chi connectivity index (χ4n) is 2.99. The number of aromatic nitrogens is 1. The van der Waals surface area contributed by atoms with Gasteiger partial charge >= 0.3 is 0 Å². The van der Waals surface area contributed by atoms with E-state index in [1.807, 2.05) is 40.0 Å². The Bertz CT molecular complexity index is 1070. The van der Waals surface area contributed by atoms with Gasteiger partial charge < -0.3 is 4.98 Å². The second kappa shape index (κ2) is 6.52. The van der Waals surface area contributed by atoms with E-state index in [2.05, 4.69) is 9.71 Å². The van der Waals surface area contributed by atoms with Crippen molar-refractivity contribution in [2.75, 3.05) is 6.54 Å². The molecule has 0 aliphatic heterocycles. The van der Waals surface area contributed by atoms with Crippen molar-refractivity contribution in [1.29, 1.82) is 0 Å². The van der Waals surface area contributed by atoms with Gasteiger partial charge in [-0.1, -0.05) is 19.9 Å². The van der Waals surface area contributed by atoms with Crippen molar-refractivity contribution in [3.8, 4) is 0 Å². The molecule has 0 radical (unpaired) electrons. The molecule has 0 aliphatic rings. The molecular weight excluding hydrogens is 351 g/mol. The lowest BCUT2D eigenvalue weighted by atomic mass is 9.85. The number of hydrogen-bond donors (Lipinski definition) is 2. The molecule has 0 fully saturated rings. The molecular formula is C20H23FN2O2S. The van der Waals surface area contributed by atoms with E-state index in [9.17, 15) is 12.8 Å². The lowest BCUT2D eigenvalue weighted by molar-refractivity contribution is 0.504. The maximum absolute atomic E-state index is 13.4. The summed E-state index contributed by atoms with van der Waals surface area (Å²) in [6.45, 7) is 7.99. The van der Waals surface area contributed by atoms with Crippen molar-refractivity contribution in [3.63, 3.8) is 0 Å². The number of rotatable bonds is 5. The lowest BCUT2D eigenvalue weighted by Gasteiger charge is -2.25. The van der Waals surface area contributed by atoms with Crippen LogP contribution in [0.3, 0.4) is 0 Å². The standard InChI is InChI=1S/C20H23FN2O2S/c1-13-5-7-16(9-14(13)2)26(24,25)23-12-20(3,4)18-11-22-19-10-15(21)6-8-17(18)19/h5-11,22-23H,12H2,1-4H3. The summed E-state index contributed by atoms with van der Waals surface area (Å²) in [6, 6.07) is 9.67. The first kappa shape index (κ1) is 18.6. The van der Waals surface area contributed by atoms with E-state index in [0.717, 1.165) is 22.1 Å². The molecule has 0 amide bonds. The SMILES string of the molecule is Cc1ccc(S(=O)(=O)NCC(C)(C)c2c[nH]c3cc(F)ccc23)cc1C. The van der Waals surface area contributed by atoms with Crippen LogP contribution < -0.4 is 4.72 Å². The summed E-state index contributed by atoms with van der Waals surface area (Å²) in [4.78, 5) is 3.32. The largest absolute Gasteiger partial charge is 0.361 e. The van der Waals surface area contributed by atoms with Gasteiger partial charge in [-0.25, -0.2) is 17.5 Å². The molecule has 0 atom stereocenters. The molecule has 4 nitrogen and oxygen atoms in total. The Morgan fingerprint density at radius 1 is 1.08 bits per heavy atom. The second-order valence-electron chi connectivity index (χ2n) is 7.35. The normalized spacial score (nSPS) is 12.7. The molecule has 2 aromatic carbocycles. The van der Waals surface area contributed by atoms with Gasteiger partial charge in [0.2, 0.25) is 10.0 Å². The minimum Gasteiger partial charge on any atom is -0.361 e. The molecule has 0 spiro atoms. The van der Waals surface area contributed by atoms with Crippen molar-refractivity contribution in [2.24, 2.45) is 0 Å². The Morgan fingerprint density at radius 3 is 2.50 bits per heavy atom. The van der Waals surface area contributed by atoms with Crippen molar-refractivity contribution in [3.05, 3.63) is 65.1 Å². The molecule has 0 aliphatic carbocycles. The molecule has 138 valence electrons. The first-order valence-corrected chi connectivity index (χ1v) is 9.92. The molecule has 3 aromatic rings. The number of fused-ring (bicyclic) bond motifs is 1. The van der Waals surface area contributed by atoms with E-state index in [-0.39, 0.29) is 17.3 Å². The number of aryl methyl sites for hydroxylation is 2. The summed E-state index contributed by atoms with van der Waals surface area (Å²) < 4.78 is 41.4. The predicted octanol–water partition coefficient (Wildman–Crippen LogP) is 4.18. The molecule has 3 rings (SSSR count). The highest BCUT2D eigenvalue weighted by atomic mass is 32.2. The van der Waals surface area contributed by atoms with Crippen molar-refractivity contribution >= 4 is 20.9 Å². The van der Waals surface area contributed by atoms with Crippen LogP contribution in [0.1, 0.15) is 30.5 Å². The molecule has 2 N–H and O–H groups in total. The van der Waals surface area contributed by atoms with Crippen LogP contribution in [0.5, 0.6) is 0 Å². The van der Waals surface area contributed by atoms with Crippen molar-refractivity contribution < 1.29 is 12.8 Å². The highest BCUT2D eigenvalue weighted by Crippen LogP contribution is 2.30. The zero-order valence-electron chi connectivity index (χ0n) is 15.4. The van der Waals surface area contributed by atoms with Crippen LogP contribution in [0.25, 0.3) is 10.9 Å². The van der Waals surface area contributed by atoms with Gasteiger partial charge in [0.15, 0.2) is 0 Å². The van der Waals surface area contributed by atoms with Gasteiger partial charge in [-0.2, -0.15) is 0 Å². The van der Waals surface area contributed by atoms with Crippen molar-refractivity contribution in [2.45, 2.75) is 38.0 Å². The number of aromatic amines is 1. The summed E-state index contributed by atoms with van der Waals surface area (Å²) in [5.74, 6) is -0.306. The van der Waals surface area contributed by atoms with Gasteiger partial charge in [-0.05, 0) is 60.9 Å². The van der Waals surface area contributed by atoms with Crippen LogP contribution in [0.15, 0.2) is 47.5 Å². The third kappa shape index (κ3) is 3.52. The smallest absolute Gasteiger partial charge is 0.240 e. The first-order chi connectivity index (χ1) is 12.1. The third-order valence-corrected chi connectivity index (χ3v) is 6.26. The Kier molecular flexibility index (Phi) is 4.67. The van der Waals surface area contributed by atoms with E-state index in [0.29, 0.717) is 5.52 Å². The average molecular weight is 374 g/mol. The zero-order valence-corrected chi connectivity index (χ0v) is 16.2. The first-order valence-electron chi connectivity index (χ1n) is 8.44. The topological polar surface area (TPSA) is 62.0 Å². The van der Waals surface area contributed by atoms with Crippen molar-refractivity contribution in [1.82, 2.24) is 9.71 Å². The number of benzene rings is 2. The average Bonchev–Trinajstić information content (AvgIpc) is 2.99. The molecule has 0 unspecified atom stereocenters. The molecule has 26 heavy (non-hydrogen) atoms. The van der Waals surface area contributed by atoms with Crippen LogP contribution in [-0.4, -0.2) is 19.9 Å². The van der Waals surface area contributed by atoms with Gasteiger partial charge in [-0.3, -0.25) is 0 Å². The van der Waals surface area contributed by atoms with E-state index < -0.39 is 15.4 Å². The number of hydrogen-bond acceptors (Lipinski definition) is 2. The van der Waals surface area contributed by atoms with E-state index in [4.69, 9.17) is 0 Å². The molecule has 0 bridgehead atoms. The summed E-state index contributed by atoms with van der Waals surface area (Å²) >= 11 is 0. The molecule has 1 aromatic heterocycles. The predicted molar refractivity (Wildman–Crippen MR) is 102 cm³/mol. The molecule has 0 saturated carbocycles. The number of H-pyrrole nitrogens is 1. The van der Waals surface area contributed by atoms with Crippen LogP contribution >= 0.6 is 0 Å². The fraction of sp³-hybridized carbons (Fsp3) is 0.300. The van der Waals surface area contributed by atoms with Crippen LogP contribution in [-0.2, 0) is 15.4 Å². The van der Waals surface area contributed by atoms with Crippen LogP contribution in [0.4, 0.5) is 4.39 Å². The monoisotopic (exact) mass is 374 g/mol. The van der Waals surface area contributed by atoms with Gasteiger partial charge in [0.25, 0.3) is 0 Å². The quantitative estimate of drug-likeness (QED) is 0.704. The lowest BCUT2D eigenvalue weighted by Crippen LogP contribution is -2.36. The molecule has 1 heterocycles. The maximum atomic E-state index is 13.4. The van der Waals surface area contributed by atoms with Crippen LogP contribution in [0, 0.1) is 19.7 Å². The minimum absolute atomic E-state index is 0.229. The Balaban J connectivity index is 1.85. The zero-order chi connectivity index (χ0) is 19.1. The number of sulfonamides is 1. The van der Waals surface area contributed by atoms with Gasteiger partial charge in [0.05, 0.1) is 4.90 Å². The second-order valence-corrected chi connectivity index (χ2v) is 9.11. The Hall–Kier alpha value is -2.18. The minimum atomic E-state index is -3.60. The maximum Gasteiger partial charge on any atom is 0.240 e. The highest BCUT2D eigenvalue weighted by molar-refractivity contribution is 7.89. The summed E-state index contributed by atoms with van der Waals surface area (Å²) in [7, 11) is -3.60. The van der Waals surface area contributed by atoms with E-state index in [1.54, 1.807) is 18.2 Å². The van der Waals surface area contributed by atoms with E-state index >= 15 is 0 Å². The molecule has 0 saturated heterocycles. The van der Waals surface area contributed by atoms with Gasteiger partial charge in [0.1, 0.15) is 5.82 Å². The number of nitrogens with one attached hydrogen (secondary N) is 2. The van der Waals surface area contributed by atoms with Crippen LogP contribution in [0.2, 0.25) is 0 Å². The fourth-order valence-corrected chi connectivity index (χ4v) is 4.29. The van der Waals surface area contributed by atoms with Gasteiger partial charge in [0, 0.05) is 29.1 Å². The highest BCUT2D eigenvalue weighted by Gasteiger charge is 2.27. The Morgan fingerprint density at radius 2 is 1.81 bits per heavy atom.